The number of carbonyl (C=O) groups excluding carboxylic acids is 1. The van der Waals surface area contributed by atoms with E-state index in [1.54, 1.807) is 6.92 Å². The summed E-state index contributed by atoms with van der Waals surface area (Å²) >= 11 is 0. The number of fused-ring (bicyclic) bond motifs is 1. The van der Waals surface area contributed by atoms with Crippen molar-refractivity contribution >= 4 is 5.97 Å². The lowest BCUT2D eigenvalue weighted by molar-refractivity contribution is 0.0593. The highest BCUT2D eigenvalue weighted by Gasteiger charge is 2.37. The lowest BCUT2D eigenvalue weighted by Gasteiger charge is -2.42. The van der Waals surface area contributed by atoms with Crippen LogP contribution in [0.2, 0.25) is 0 Å². The van der Waals surface area contributed by atoms with E-state index < -0.39 is 5.97 Å². The smallest absolute Gasteiger partial charge is 0.356 e. The molecule has 0 radical (unpaired) electrons. The van der Waals surface area contributed by atoms with E-state index in [-0.39, 0.29) is 22.3 Å². The van der Waals surface area contributed by atoms with E-state index in [0.717, 1.165) is 18.4 Å². The van der Waals surface area contributed by atoms with Crippen molar-refractivity contribution in [2.24, 2.45) is 0 Å². The first-order valence-electron chi connectivity index (χ1n) is 9.23. The number of methoxy groups -OCH3 is 1. The maximum absolute atomic E-state index is 12.4. The van der Waals surface area contributed by atoms with E-state index in [2.05, 4.69) is 51.8 Å². The van der Waals surface area contributed by atoms with E-state index in [9.17, 15) is 9.90 Å². The van der Waals surface area contributed by atoms with Gasteiger partial charge in [0, 0.05) is 6.04 Å². The van der Waals surface area contributed by atoms with Gasteiger partial charge < -0.3 is 9.84 Å². The van der Waals surface area contributed by atoms with Crippen molar-refractivity contribution < 1.29 is 14.6 Å². The van der Waals surface area contributed by atoms with Crippen molar-refractivity contribution in [3.05, 3.63) is 41.2 Å². The molecule has 0 unspecified atom stereocenters. The molecule has 142 valence electrons. The maximum atomic E-state index is 12.4. The summed E-state index contributed by atoms with van der Waals surface area (Å²) < 4.78 is 6.38. The van der Waals surface area contributed by atoms with Crippen LogP contribution in [-0.4, -0.2) is 22.8 Å². The average Bonchev–Trinajstić information content (AvgIpc) is 2.94. The van der Waals surface area contributed by atoms with E-state index in [1.165, 1.54) is 29.0 Å². The fourth-order valence-electron chi connectivity index (χ4n) is 4.03. The molecule has 2 aromatic rings. The van der Waals surface area contributed by atoms with Crippen molar-refractivity contribution in [3.63, 3.8) is 0 Å². The van der Waals surface area contributed by atoms with Crippen LogP contribution < -0.4 is 0 Å². The Hall–Kier alpha value is -2.67. The van der Waals surface area contributed by atoms with Crippen LogP contribution in [0.5, 0.6) is 5.75 Å². The fourth-order valence-corrected chi connectivity index (χ4v) is 4.03. The minimum atomic E-state index is -0.523. The number of rotatable bonds is 2. The van der Waals surface area contributed by atoms with Gasteiger partial charge in [0.1, 0.15) is 5.75 Å². The standard InChI is InChI=1S/C23H27NO3/c1-7-12-24-14-18(25)19(20(24)21(26)27-6)15-8-9-16-17(13-15)23(4,5)11-10-22(16,2)3/h8-9,13-14,25H,10-11H2,1-6H3. The molecule has 1 N–H and O–H groups in total. The molecule has 27 heavy (non-hydrogen) atoms. The normalized spacial score (nSPS) is 16.8. The van der Waals surface area contributed by atoms with Gasteiger partial charge in [-0.1, -0.05) is 51.8 Å². The first kappa shape index (κ1) is 19.1. The molecule has 1 aromatic heterocycles. The third-order valence-electron chi connectivity index (χ3n) is 5.74. The summed E-state index contributed by atoms with van der Waals surface area (Å²) in [5.41, 5.74) is 4.25. The van der Waals surface area contributed by atoms with E-state index in [0.29, 0.717) is 5.56 Å². The molecule has 0 aliphatic heterocycles. The number of aromatic nitrogens is 1. The largest absolute Gasteiger partial charge is 0.506 e. The second-order valence-electron chi connectivity index (χ2n) is 8.49. The highest BCUT2D eigenvalue weighted by atomic mass is 16.5. The van der Waals surface area contributed by atoms with Crippen molar-refractivity contribution in [1.29, 1.82) is 0 Å². The van der Waals surface area contributed by atoms with Gasteiger partial charge in [0.05, 0.1) is 18.9 Å². The monoisotopic (exact) mass is 365 g/mol. The minimum Gasteiger partial charge on any atom is -0.506 e. The van der Waals surface area contributed by atoms with Gasteiger partial charge in [0.2, 0.25) is 0 Å². The molecule has 0 bridgehead atoms. The van der Waals surface area contributed by atoms with Crippen molar-refractivity contribution in [2.45, 2.75) is 58.3 Å². The molecule has 0 spiro atoms. The number of ether oxygens (including phenoxy) is 1. The number of benzene rings is 1. The van der Waals surface area contributed by atoms with Crippen LogP contribution in [0.3, 0.4) is 0 Å². The molecule has 1 aliphatic carbocycles. The zero-order chi connectivity index (χ0) is 20.0. The Morgan fingerprint density at radius 2 is 1.78 bits per heavy atom. The number of hydrogen-bond donors (Lipinski definition) is 1. The van der Waals surface area contributed by atoms with Gasteiger partial charge in [-0.2, -0.15) is 0 Å². The van der Waals surface area contributed by atoms with Gasteiger partial charge in [-0.25, -0.2) is 4.79 Å². The molecule has 0 amide bonds. The summed E-state index contributed by atoms with van der Waals surface area (Å²) in [5.74, 6) is 2.26. The molecular weight excluding hydrogens is 338 g/mol. The number of carbonyl (C=O) groups is 1. The third kappa shape index (κ3) is 3.12. The molecule has 0 fully saturated rings. The van der Waals surface area contributed by atoms with Crippen molar-refractivity contribution in [2.75, 3.05) is 7.11 Å². The van der Waals surface area contributed by atoms with E-state index >= 15 is 0 Å². The Balaban J connectivity index is 2.27. The van der Waals surface area contributed by atoms with Crippen LogP contribution in [0.4, 0.5) is 0 Å². The number of esters is 1. The fraction of sp³-hybridized carbons (Fsp3) is 0.435. The Labute approximate surface area is 161 Å². The molecule has 0 saturated carbocycles. The Morgan fingerprint density at radius 1 is 1.15 bits per heavy atom. The molecule has 1 heterocycles. The molecule has 3 rings (SSSR count). The zero-order valence-corrected chi connectivity index (χ0v) is 16.9. The second kappa shape index (κ2) is 6.49. The SMILES string of the molecule is CC#Cn1cc(O)c(-c2ccc3c(c2)C(C)(C)CCC3(C)C)c1C(=O)OC. The molecule has 4 nitrogen and oxygen atoms in total. The average molecular weight is 365 g/mol. The predicted molar refractivity (Wildman–Crippen MR) is 107 cm³/mol. The molecule has 0 saturated heterocycles. The van der Waals surface area contributed by atoms with E-state index in [4.69, 9.17) is 4.74 Å². The number of hydrogen-bond acceptors (Lipinski definition) is 3. The van der Waals surface area contributed by atoms with Crippen molar-refractivity contribution in [1.82, 2.24) is 4.57 Å². The molecule has 4 heteroatoms. The summed E-state index contributed by atoms with van der Waals surface area (Å²) in [4.78, 5) is 12.4. The molecular formula is C23H27NO3. The van der Waals surface area contributed by atoms with Gasteiger partial charge in [0.15, 0.2) is 5.69 Å². The Kier molecular flexibility index (Phi) is 4.59. The molecule has 1 aromatic carbocycles. The van der Waals surface area contributed by atoms with Gasteiger partial charge in [-0.05, 0) is 47.3 Å². The van der Waals surface area contributed by atoms with Gasteiger partial charge in [-0.15, -0.1) is 0 Å². The first-order valence-corrected chi connectivity index (χ1v) is 9.23. The van der Waals surface area contributed by atoms with Crippen LogP contribution in [0.25, 0.3) is 11.1 Å². The van der Waals surface area contributed by atoms with Crippen LogP contribution in [0.15, 0.2) is 24.4 Å². The van der Waals surface area contributed by atoms with Gasteiger partial charge in [0.25, 0.3) is 0 Å². The predicted octanol–water partition coefficient (Wildman–Crippen LogP) is 4.83. The van der Waals surface area contributed by atoms with Crippen LogP contribution in [0, 0.1) is 12.0 Å². The van der Waals surface area contributed by atoms with Gasteiger partial charge >= 0.3 is 5.97 Å². The van der Waals surface area contributed by atoms with Crippen LogP contribution in [0.1, 0.15) is 69.1 Å². The van der Waals surface area contributed by atoms with Gasteiger partial charge in [-0.3, -0.25) is 4.57 Å². The topological polar surface area (TPSA) is 51.5 Å². The highest BCUT2D eigenvalue weighted by Crippen LogP contribution is 2.47. The number of nitrogens with zero attached hydrogens (tertiary/aromatic N) is 1. The summed E-state index contributed by atoms with van der Waals surface area (Å²) in [6, 6.07) is 9.05. The number of aromatic hydroxyl groups is 1. The Morgan fingerprint density at radius 3 is 2.37 bits per heavy atom. The van der Waals surface area contributed by atoms with Crippen LogP contribution >= 0.6 is 0 Å². The zero-order valence-electron chi connectivity index (χ0n) is 16.9. The molecule has 1 aliphatic rings. The summed E-state index contributed by atoms with van der Waals surface area (Å²) in [7, 11) is 1.33. The van der Waals surface area contributed by atoms with E-state index in [1.807, 2.05) is 6.07 Å². The lowest BCUT2D eigenvalue weighted by Crippen LogP contribution is -2.33. The lowest BCUT2D eigenvalue weighted by atomic mass is 9.63. The minimum absolute atomic E-state index is 0.0194. The molecule has 0 atom stereocenters. The van der Waals surface area contributed by atoms with Crippen molar-refractivity contribution in [3.8, 4) is 28.8 Å². The highest BCUT2D eigenvalue weighted by molar-refractivity contribution is 5.98. The summed E-state index contributed by atoms with van der Waals surface area (Å²) in [5, 5.41) is 10.6. The summed E-state index contributed by atoms with van der Waals surface area (Å²) in [6.45, 7) is 10.7. The summed E-state index contributed by atoms with van der Waals surface area (Å²) in [6.07, 6.45) is 3.69. The Bertz CT molecular complexity index is 967. The maximum Gasteiger partial charge on any atom is 0.356 e. The first-order chi connectivity index (χ1) is 12.6. The van der Waals surface area contributed by atoms with Crippen LogP contribution in [-0.2, 0) is 15.6 Å². The third-order valence-corrected chi connectivity index (χ3v) is 5.74. The quantitative estimate of drug-likeness (QED) is 0.613. The second-order valence-corrected chi connectivity index (χ2v) is 8.49.